The third kappa shape index (κ3) is 7.21. The van der Waals surface area contributed by atoms with E-state index >= 15 is 0 Å². The van der Waals surface area contributed by atoms with Crippen molar-refractivity contribution >= 4 is 17.7 Å². The highest BCUT2D eigenvalue weighted by atomic mass is 32.2. The van der Waals surface area contributed by atoms with E-state index in [1.165, 1.54) is 12.8 Å². The van der Waals surface area contributed by atoms with E-state index in [4.69, 9.17) is 5.11 Å². The lowest BCUT2D eigenvalue weighted by molar-refractivity contribution is -0.139. The molecule has 14 heavy (non-hydrogen) atoms. The van der Waals surface area contributed by atoms with E-state index in [9.17, 15) is 4.79 Å². The lowest BCUT2D eigenvalue weighted by atomic mass is 10.2. The van der Waals surface area contributed by atoms with Gasteiger partial charge >= 0.3 is 5.97 Å². The molecule has 0 aliphatic carbocycles. The fourth-order valence-electron chi connectivity index (χ4n) is 1.20. The van der Waals surface area contributed by atoms with Gasteiger partial charge in [0.2, 0.25) is 0 Å². The second-order valence-electron chi connectivity index (χ2n) is 3.33. The summed E-state index contributed by atoms with van der Waals surface area (Å²) in [6.07, 6.45) is 6.12. The van der Waals surface area contributed by atoms with Crippen molar-refractivity contribution < 1.29 is 9.90 Å². The van der Waals surface area contributed by atoms with Gasteiger partial charge in [-0.05, 0) is 31.4 Å². The van der Waals surface area contributed by atoms with Crippen LogP contribution in [-0.2, 0) is 4.79 Å². The summed E-state index contributed by atoms with van der Waals surface area (Å²) in [6.45, 7) is 2.96. The van der Waals surface area contributed by atoms with Crippen molar-refractivity contribution in [2.24, 2.45) is 0 Å². The number of carbonyl (C=O) groups is 1. The second-order valence-corrected chi connectivity index (χ2v) is 4.32. The van der Waals surface area contributed by atoms with Crippen molar-refractivity contribution in [3.63, 3.8) is 0 Å². The number of carboxylic acid groups (broad SMARTS) is 1. The van der Waals surface area contributed by atoms with Crippen LogP contribution in [0.15, 0.2) is 0 Å². The molecule has 0 rings (SSSR count). The minimum Gasteiger partial charge on any atom is -0.480 e. The summed E-state index contributed by atoms with van der Waals surface area (Å²) in [6, 6.07) is -0.362. The van der Waals surface area contributed by atoms with Crippen molar-refractivity contribution in [3.8, 4) is 0 Å². The molecule has 0 unspecified atom stereocenters. The Balaban J connectivity index is 3.57. The maximum absolute atomic E-state index is 10.8. The highest BCUT2D eigenvalue weighted by molar-refractivity contribution is 7.98. The molecule has 0 saturated heterocycles. The summed E-state index contributed by atoms with van der Waals surface area (Å²) in [5, 5.41) is 12.0. The Morgan fingerprint density at radius 2 is 2.21 bits per heavy atom. The molecule has 3 nitrogen and oxygen atoms in total. The van der Waals surface area contributed by atoms with E-state index in [0.29, 0.717) is 6.42 Å². The summed E-state index contributed by atoms with van der Waals surface area (Å²) < 4.78 is 0. The zero-order valence-electron chi connectivity index (χ0n) is 9.08. The first-order valence-corrected chi connectivity index (χ1v) is 6.56. The number of hydrogen-bond donors (Lipinski definition) is 2. The maximum atomic E-state index is 10.8. The van der Waals surface area contributed by atoms with E-state index in [1.807, 2.05) is 6.26 Å². The van der Waals surface area contributed by atoms with Gasteiger partial charge in [0.15, 0.2) is 0 Å². The molecule has 0 aliphatic rings. The van der Waals surface area contributed by atoms with Crippen LogP contribution in [-0.4, -0.2) is 35.7 Å². The molecule has 2 N–H and O–H groups in total. The van der Waals surface area contributed by atoms with Crippen LogP contribution in [0.3, 0.4) is 0 Å². The topological polar surface area (TPSA) is 49.3 Å². The zero-order valence-corrected chi connectivity index (χ0v) is 9.90. The van der Waals surface area contributed by atoms with E-state index in [0.717, 1.165) is 18.7 Å². The Kier molecular flexibility index (Phi) is 9.19. The van der Waals surface area contributed by atoms with E-state index in [2.05, 4.69) is 12.2 Å². The van der Waals surface area contributed by atoms with Gasteiger partial charge in [-0.2, -0.15) is 11.8 Å². The predicted molar refractivity (Wildman–Crippen MR) is 62.0 cm³/mol. The smallest absolute Gasteiger partial charge is 0.320 e. The second kappa shape index (κ2) is 9.34. The molecule has 0 fully saturated rings. The van der Waals surface area contributed by atoms with Crippen LogP contribution in [0.4, 0.5) is 0 Å². The fraction of sp³-hybridized carbons (Fsp3) is 0.900. The van der Waals surface area contributed by atoms with E-state index in [1.54, 1.807) is 11.8 Å². The minimum absolute atomic E-state index is 0.362. The van der Waals surface area contributed by atoms with Crippen LogP contribution in [0.2, 0.25) is 0 Å². The van der Waals surface area contributed by atoms with Crippen molar-refractivity contribution in [1.82, 2.24) is 5.32 Å². The van der Waals surface area contributed by atoms with E-state index in [-0.39, 0.29) is 6.04 Å². The number of rotatable bonds is 9. The highest BCUT2D eigenvalue weighted by Gasteiger charge is 2.14. The molecule has 0 aromatic carbocycles. The molecule has 0 bridgehead atoms. The van der Waals surface area contributed by atoms with Crippen LogP contribution in [0.1, 0.15) is 32.6 Å². The van der Waals surface area contributed by atoms with Gasteiger partial charge < -0.3 is 10.4 Å². The molecule has 0 saturated carbocycles. The summed E-state index contributed by atoms with van der Waals surface area (Å²) in [5.41, 5.74) is 0. The molecule has 0 aromatic rings. The van der Waals surface area contributed by atoms with Gasteiger partial charge in [-0.25, -0.2) is 0 Å². The van der Waals surface area contributed by atoms with E-state index < -0.39 is 5.97 Å². The Bertz CT molecular complexity index is 153. The third-order valence-electron chi connectivity index (χ3n) is 2.08. The van der Waals surface area contributed by atoms with Crippen LogP contribution < -0.4 is 5.32 Å². The van der Waals surface area contributed by atoms with Gasteiger partial charge in [0, 0.05) is 0 Å². The predicted octanol–water partition coefficient (Wildman–Crippen LogP) is 1.97. The van der Waals surface area contributed by atoms with Gasteiger partial charge in [-0.3, -0.25) is 4.79 Å². The average molecular weight is 219 g/mol. The van der Waals surface area contributed by atoms with Gasteiger partial charge in [0.1, 0.15) is 6.04 Å². The number of hydrogen-bond acceptors (Lipinski definition) is 3. The lowest BCUT2D eigenvalue weighted by Crippen LogP contribution is -2.37. The van der Waals surface area contributed by atoms with Gasteiger partial charge in [0.25, 0.3) is 0 Å². The first kappa shape index (κ1) is 13.8. The molecule has 0 radical (unpaired) electrons. The lowest BCUT2D eigenvalue weighted by Gasteiger charge is -2.13. The standard InChI is InChI=1S/C10H21NO2S/c1-3-4-5-7-11-9(10(12)13)6-8-14-2/h9,11H,3-8H2,1-2H3,(H,12,13)/t9-/m1/s1. The van der Waals surface area contributed by atoms with Crippen LogP contribution >= 0.6 is 11.8 Å². The molecule has 0 amide bonds. The largest absolute Gasteiger partial charge is 0.480 e. The molecule has 84 valence electrons. The van der Waals surface area contributed by atoms with Crippen LogP contribution in [0.25, 0.3) is 0 Å². The normalized spacial score (nSPS) is 12.7. The van der Waals surface area contributed by atoms with Gasteiger partial charge in [0.05, 0.1) is 0 Å². The van der Waals surface area contributed by atoms with Crippen LogP contribution in [0, 0.1) is 0 Å². The molecule has 0 aromatic heterocycles. The molecule has 4 heteroatoms. The monoisotopic (exact) mass is 219 g/mol. The van der Waals surface area contributed by atoms with Crippen molar-refractivity contribution in [3.05, 3.63) is 0 Å². The minimum atomic E-state index is -0.726. The number of carboxylic acids is 1. The number of thioether (sulfide) groups is 1. The van der Waals surface area contributed by atoms with Crippen molar-refractivity contribution in [1.29, 1.82) is 0 Å². The van der Waals surface area contributed by atoms with Crippen molar-refractivity contribution in [2.75, 3.05) is 18.6 Å². The fourth-order valence-corrected chi connectivity index (χ4v) is 1.67. The zero-order chi connectivity index (χ0) is 10.8. The highest BCUT2D eigenvalue weighted by Crippen LogP contribution is 2.01. The molecular formula is C10H21NO2S. The summed E-state index contributed by atoms with van der Waals surface area (Å²) in [7, 11) is 0. The molecule has 0 heterocycles. The molecular weight excluding hydrogens is 198 g/mol. The third-order valence-corrected chi connectivity index (χ3v) is 2.72. The first-order valence-electron chi connectivity index (χ1n) is 5.17. The Morgan fingerprint density at radius 1 is 1.50 bits per heavy atom. The number of aliphatic carboxylic acids is 1. The van der Waals surface area contributed by atoms with Crippen molar-refractivity contribution in [2.45, 2.75) is 38.6 Å². The summed E-state index contributed by atoms with van der Waals surface area (Å²) >= 11 is 1.69. The maximum Gasteiger partial charge on any atom is 0.320 e. The van der Waals surface area contributed by atoms with Crippen LogP contribution in [0.5, 0.6) is 0 Å². The van der Waals surface area contributed by atoms with Gasteiger partial charge in [-0.1, -0.05) is 19.8 Å². The first-order chi connectivity index (χ1) is 6.72. The summed E-state index contributed by atoms with van der Waals surface area (Å²) in [4.78, 5) is 10.8. The Labute approximate surface area is 90.7 Å². The number of nitrogens with one attached hydrogen (secondary N) is 1. The Morgan fingerprint density at radius 3 is 2.71 bits per heavy atom. The SMILES string of the molecule is CCCCCN[C@H](CCSC)C(=O)O. The number of unbranched alkanes of at least 4 members (excludes halogenated alkanes) is 2. The molecule has 1 atom stereocenters. The quantitative estimate of drug-likeness (QED) is 0.582. The molecule has 0 spiro atoms. The average Bonchev–Trinajstić information content (AvgIpc) is 2.16. The summed E-state index contributed by atoms with van der Waals surface area (Å²) in [5.74, 6) is 0.174. The molecule has 0 aliphatic heterocycles. The van der Waals surface area contributed by atoms with Gasteiger partial charge in [-0.15, -0.1) is 0 Å². The Hall–Kier alpha value is -0.220.